The average molecular weight is 270 g/mol. The molecule has 1 unspecified atom stereocenters. The third kappa shape index (κ3) is 4.00. The van der Waals surface area contributed by atoms with E-state index in [4.69, 9.17) is 4.74 Å². The lowest BCUT2D eigenvalue weighted by molar-refractivity contribution is 0.138. The Bertz CT molecular complexity index is 517. The number of hydrogen-bond donors (Lipinski definition) is 0. The highest BCUT2D eigenvalue weighted by molar-refractivity contribution is 5.31. The number of hydrogen-bond acceptors (Lipinski definition) is 1. The Labute approximate surface area is 119 Å². The molecule has 2 aromatic carbocycles. The van der Waals surface area contributed by atoms with Gasteiger partial charge in [0.05, 0.1) is 0 Å². The molecule has 0 saturated carbocycles. The Kier molecular flexibility index (Phi) is 5.02. The molecule has 0 saturated heterocycles. The topological polar surface area (TPSA) is 49.0 Å². The second-order valence-electron chi connectivity index (χ2n) is 4.87. The zero-order chi connectivity index (χ0) is 14.4. The van der Waals surface area contributed by atoms with Gasteiger partial charge in [0.1, 0.15) is 19.0 Å². The Morgan fingerprint density at radius 3 is 2.25 bits per heavy atom. The molecule has 0 fully saturated rings. The molecule has 0 aliphatic heterocycles. The molecule has 0 bridgehead atoms. The van der Waals surface area contributed by atoms with Gasteiger partial charge in [0.15, 0.2) is 5.75 Å². The van der Waals surface area contributed by atoms with Crippen LogP contribution in [0.5, 0.6) is 11.5 Å². The molecule has 0 aliphatic rings. The first kappa shape index (κ1) is 14.4. The van der Waals surface area contributed by atoms with Crippen molar-refractivity contribution in [2.24, 2.45) is 0 Å². The van der Waals surface area contributed by atoms with E-state index >= 15 is 0 Å². The van der Waals surface area contributed by atoms with Gasteiger partial charge in [-0.2, -0.15) is 0 Å². The lowest BCUT2D eigenvalue weighted by Crippen LogP contribution is -2.01. The maximum absolute atomic E-state index is 11.1. The van der Waals surface area contributed by atoms with Crippen LogP contribution in [-0.4, -0.2) is 13.2 Å². The fraction of sp³-hybridized carbons (Fsp3) is 0.294. The SMILES string of the molecule is CC(Cc1ccc(OCC[O])cc1)c1ccc([O])cc1. The van der Waals surface area contributed by atoms with E-state index in [1.54, 1.807) is 12.1 Å². The van der Waals surface area contributed by atoms with Crippen LogP contribution >= 0.6 is 0 Å². The van der Waals surface area contributed by atoms with Gasteiger partial charge in [-0.1, -0.05) is 31.2 Å². The highest BCUT2D eigenvalue weighted by atomic mass is 16.5. The lowest BCUT2D eigenvalue weighted by atomic mass is 9.94. The quantitative estimate of drug-likeness (QED) is 0.783. The smallest absolute Gasteiger partial charge is 0.178 e. The molecular formula is C17H18O3. The maximum Gasteiger partial charge on any atom is 0.178 e. The first-order valence-corrected chi connectivity index (χ1v) is 6.76. The second kappa shape index (κ2) is 6.96. The third-order valence-electron chi connectivity index (χ3n) is 3.27. The van der Waals surface area contributed by atoms with Crippen molar-refractivity contribution in [3.05, 3.63) is 59.7 Å². The van der Waals surface area contributed by atoms with Gasteiger partial charge in [-0.15, -0.1) is 0 Å². The van der Waals surface area contributed by atoms with Gasteiger partial charge in [-0.3, -0.25) is 5.11 Å². The molecule has 2 radical (unpaired) electrons. The summed E-state index contributed by atoms with van der Waals surface area (Å²) in [6, 6.07) is 14.8. The molecule has 0 amide bonds. The summed E-state index contributed by atoms with van der Waals surface area (Å²) in [5.74, 6) is 1.12. The first-order valence-electron chi connectivity index (χ1n) is 6.76. The van der Waals surface area contributed by atoms with Crippen molar-refractivity contribution in [2.75, 3.05) is 13.2 Å². The molecule has 0 aliphatic carbocycles. The zero-order valence-corrected chi connectivity index (χ0v) is 11.5. The van der Waals surface area contributed by atoms with Crippen LogP contribution < -0.4 is 4.74 Å². The molecule has 0 N–H and O–H groups in total. The molecule has 20 heavy (non-hydrogen) atoms. The number of ether oxygens (including phenoxy) is 1. The Hall–Kier alpha value is -2.00. The van der Waals surface area contributed by atoms with Gasteiger partial charge in [-0.25, -0.2) is 5.11 Å². The fourth-order valence-corrected chi connectivity index (χ4v) is 2.15. The van der Waals surface area contributed by atoms with E-state index < -0.39 is 0 Å². The molecule has 0 spiro atoms. The minimum Gasteiger partial charge on any atom is -0.491 e. The third-order valence-corrected chi connectivity index (χ3v) is 3.27. The van der Waals surface area contributed by atoms with Crippen molar-refractivity contribution < 1.29 is 14.9 Å². The second-order valence-corrected chi connectivity index (χ2v) is 4.87. The van der Waals surface area contributed by atoms with E-state index in [2.05, 4.69) is 6.92 Å². The van der Waals surface area contributed by atoms with E-state index in [1.165, 1.54) is 5.56 Å². The van der Waals surface area contributed by atoms with Crippen LogP contribution in [0, 0.1) is 0 Å². The van der Waals surface area contributed by atoms with Gasteiger partial charge < -0.3 is 4.74 Å². The van der Waals surface area contributed by atoms with Crippen LogP contribution in [-0.2, 0) is 16.6 Å². The molecule has 1 atom stereocenters. The average Bonchev–Trinajstić information content (AvgIpc) is 2.47. The summed E-state index contributed by atoms with van der Waals surface area (Å²) in [4.78, 5) is 0. The van der Waals surface area contributed by atoms with Crippen LogP contribution in [0.3, 0.4) is 0 Å². The fourth-order valence-electron chi connectivity index (χ4n) is 2.15. The predicted molar refractivity (Wildman–Crippen MR) is 76.2 cm³/mol. The van der Waals surface area contributed by atoms with Gasteiger partial charge in [-0.05, 0) is 47.7 Å². The van der Waals surface area contributed by atoms with E-state index in [0.717, 1.165) is 17.7 Å². The molecule has 2 aromatic rings. The summed E-state index contributed by atoms with van der Waals surface area (Å²) in [5, 5.41) is 21.4. The predicted octanol–water partition coefficient (Wildman–Crippen LogP) is 3.99. The number of rotatable bonds is 6. The normalized spacial score (nSPS) is 12.1. The molecule has 3 heteroatoms. The molecule has 3 nitrogen and oxygen atoms in total. The monoisotopic (exact) mass is 270 g/mol. The van der Waals surface area contributed by atoms with Crippen molar-refractivity contribution in [1.29, 1.82) is 0 Å². The van der Waals surface area contributed by atoms with Crippen LogP contribution in [0.2, 0.25) is 0 Å². The van der Waals surface area contributed by atoms with Gasteiger partial charge in [0.25, 0.3) is 0 Å². The Morgan fingerprint density at radius 2 is 1.65 bits per heavy atom. The first-order chi connectivity index (χ1) is 9.69. The van der Waals surface area contributed by atoms with Crippen LogP contribution in [0.4, 0.5) is 0 Å². The molecule has 0 aromatic heterocycles. The van der Waals surface area contributed by atoms with Crippen LogP contribution in [0.15, 0.2) is 48.5 Å². The Balaban J connectivity index is 1.97. The van der Waals surface area contributed by atoms with Crippen molar-refractivity contribution in [3.63, 3.8) is 0 Å². The minimum absolute atomic E-state index is 0.0424. The van der Waals surface area contributed by atoms with E-state index in [-0.39, 0.29) is 19.0 Å². The highest BCUT2D eigenvalue weighted by Crippen LogP contribution is 2.23. The standard InChI is InChI=1S/C17H18O3/c1-13(15-4-6-16(19)7-5-15)12-14-2-8-17(9-3-14)20-11-10-18/h2-9,13H,10-12H2,1H3. The van der Waals surface area contributed by atoms with E-state index in [9.17, 15) is 10.2 Å². The van der Waals surface area contributed by atoms with Crippen LogP contribution in [0.1, 0.15) is 24.0 Å². The van der Waals surface area contributed by atoms with Crippen molar-refractivity contribution in [2.45, 2.75) is 19.3 Å². The summed E-state index contributed by atoms with van der Waals surface area (Å²) < 4.78 is 5.27. The molecule has 2 rings (SSSR count). The molecule has 0 heterocycles. The minimum atomic E-state index is -0.228. The van der Waals surface area contributed by atoms with Crippen molar-refractivity contribution >= 4 is 0 Å². The Morgan fingerprint density at radius 1 is 1.00 bits per heavy atom. The zero-order valence-electron chi connectivity index (χ0n) is 11.5. The summed E-state index contributed by atoms with van der Waals surface area (Å²) in [6.07, 6.45) is 0.903. The van der Waals surface area contributed by atoms with Crippen molar-refractivity contribution in [3.8, 4) is 11.5 Å². The van der Waals surface area contributed by atoms with Crippen molar-refractivity contribution in [1.82, 2.24) is 0 Å². The summed E-state index contributed by atoms with van der Waals surface area (Å²) in [6.45, 7) is 2.12. The van der Waals surface area contributed by atoms with E-state index in [1.807, 2.05) is 36.4 Å². The van der Waals surface area contributed by atoms with Gasteiger partial charge in [0, 0.05) is 0 Å². The largest absolute Gasteiger partial charge is 0.491 e. The number of benzene rings is 2. The molecule has 104 valence electrons. The maximum atomic E-state index is 11.1. The summed E-state index contributed by atoms with van der Waals surface area (Å²) in [5.41, 5.74) is 2.37. The van der Waals surface area contributed by atoms with Gasteiger partial charge in [0.2, 0.25) is 0 Å². The van der Waals surface area contributed by atoms with Crippen LogP contribution in [0.25, 0.3) is 0 Å². The van der Waals surface area contributed by atoms with E-state index in [0.29, 0.717) is 5.92 Å². The summed E-state index contributed by atoms with van der Waals surface area (Å²) >= 11 is 0. The highest BCUT2D eigenvalue weighted by Gasteiger charge is 2.07. The van der Waals surface area contributed by atoms with Gasteiger partial charge >= 0.3 is 0 Å². The summed E-state index contributed by atoms with van der Waals surface area (Å²) in [7, 11) is 0. The lowest BCUT2D eigenvalue weighted by Gasteiger charge is -2.12. The molecular weight excluding hydrogens is 252 g/mol.